The molecule has 1 saturated heterocycles. The van der Waals surface area contributed by atoms with Crippen molar-refractivity contribution in [2.75, 3.05) is 27.2 Å². The molecule has 0 aromatic rings. The first-order valence-corrected chi connectivity index (χ1v) is 5.44. The molecule has 3 N–H and O–H groups in total. The number of likely N-dealkylation sites (tertiary alicyclic amines) is 1. The molecule has 0 spiro atoms. The molecule has 1 heterocycles. The lowest BCUT2D eigenvalue weighted by molar-refractivity contribution is 0.206. The zero-order chi connectivity index (χ0) is 11.4. The summed E-state index contributed by atoms with van der Waals surface area (Å²) in [7, 11) is 4.16. The largest absolute Gasteiger partial charge is 0.409 e. The smallest absolute Gasteiger partial charge is 0.156 e. The Hall–Kier alpha value is -0.810. The summed E-state index contributed by atoms with van der Waals surface area (Å²) in [5.74, 6) is 0.276. The molecule has 0 bridgehead atoms. The molecule has 0 saturated carbocycles. The molecule has 2 atom stereocenters. The molecule has 0 aromatic heterocycles. The number of rotatable bonds is 4. The highest BCUT2D eigenvalue weighted by Crippen LogP contribution is 2.16. The fourth-order valence-corrected chi connectivity index (χ4v) is 2.01. The van der Waals surface area contributed by atoms with Gasteiger partial charge in [-0.2, -0.15) is 0 Å². The van der Waals surface area contributed by atoms with Crippen LogP contribution in [0.5, 0.6) is 0 Å². The minimum atomic E-state index is -0.0102. The summed E-state index contributed by atoms with van der Waals surface area (Å²) in [4.78, 5) is 4.50. The van der Waals surface area contributed by atoms with Crippen LogP contribution >= 0.6 is 0 Å². The zero-order valence-electron chi connectivity index (χ0n) is 9.85. The van der Waals surface area contributed by atoms with E-state index in [1.54, 1.807) is 0 Å². The molecule has 1 rings (SSSR count). The maximum Gasteiger partial charge on any atom is 0.156 e. The van der Waals surface area contributed by atoms with E-state index in [0.717, 1.165) is 6.54 Å². The second-order valence-electron chi connectivity index (χ2n) is 4.42. The van der Waals surface area contributed by atoms with E-state index in [4.69, 9.17) is 10.9 Å². The molecular weight excluding hydrogens is 192 g/mol. The Kier molecular flexibility index (Phi) is 4.35. The molecular formula is C10H22N4O. The first-order valence-electron chi connectivity index (χ1n) is 5.44. The fourth-order valence-electron chi connectivity index (χ4n) is 2.01. The average Bonchev–Trinajstić information content (AvgIpc) is 2.62. The van der Waals surface area contributed by atoms with Gasteiger partial charge < -0.3 is 15.8 Å². The number of oxime groups is 1. The third kappa shape index (κ3) is 3.07. The minimum Gasteiger partial charge on any atom is -0.409 e. The predicted molar refractivity (Wildman–Crippen MR) is 61.2 cm³/mol. The van der Waals surface area contributed by atoms with Crippen molar-refractivity contribution in [1.29, 1.82) is 0 Å². The number of nitrogens with two attached hydrogens (primary N) is 1. The van der Waals surface area contributed by atoms with Gasteiger partial charge in [0.15, 0.2) is 5.84 Å². The highest BCUT2D eigenvalue weighted by Gasteiger charge is 2.24. The minimum absolute atomic E-state index is 0.0102. The summed E-state index contributed by atoms with van der Waals surface area (Å²) in [5, 5.41) is 11.6. The van der Waals surface area contributed by atoms with Crippen LogP contribution in [0.1, 0.15) is 19.8 Å². The van der Waals surface area contributed by atoms with Crippen molar-refractivity contribution in [1.82, 2.24) is 9.80 Å². The molecule has 2 unspecified atom stereocenters. The summed E-state index contributed by atoms with van der Waals surface area (Å²) in [6.07, 6.45) is 2.51. The summed E-state index contributed by atoms with van der Waals surface area (Å²) in [6, 6.07) is 0.591. The molecule has 1 aliphatic heterocycles. The summed E-state index contributed by atoms with van der Waals surface area (Å²) >= 11 is 0. The normalized spacial score (nSPS) is 26.1. The standard InChI is InChI=1S/C10H22N4O/c1-8(10(11)12-15)14(3)7-9-5-4-6-13(9)2/h8-9,15H,4-7H2,1-3H3,(H2,11,12). The summed E-state index contributed by atoms with van der Waals surface area (Å²) in [5.41, 5.74) is 5.57. The predicted octanol–water partition coefficient (Wildman–Crippen LogP) is 0.147. The van der Waals surface area contributed by atoms with Gasteiger partial charge in [0.1, 0.15) is 0 Å². The quantitative estimate of drug-likeness (QED) is 0.302. The van der Waals surface area contributed by atoms with Crippen LogP contribution in [0.3, 0.4) is 0 Å². The fraction of sp³-hybridized carbons (Fsp3) is 0.900. The van der Waals surface area contributed by atoms with Crippen molar-refractivity contribution in [3.8, 4) is 0 Å². The molecule has 0 radical (unpaired) electrons. The van der Waals surface area contributed by atoms with Gasteiger partial charge in [0.05, 0.1) is 6.04 Å². The van der Waals surface area contributed by atoms with Gasteiger partial charge in [-0.1, -0.05) is 5.16 Å². The van der Waals surface area contributed by atoms with Gasteiger partial charge in [-0.3, -0.25) is 4.90 Å². The van der Waals surface area contributed by atoms with Gasteiger partial charge >= 0.3 is 0 Å². The second-order valence-corrected chi connectivity index (χ2v) is 4.42. The van der Waals surface area contributed by atoms with Crippen LogP contribution < -0.4 is 5.73 Å². The molecule has 88 valence electrons. The Bertz CT molecular complexity index is 231. The van der Waals surface area contributed by atoms with E-state index in [-0.39, 0.29) is 11.9 Å². The second kappa shape index (κ2) is 5.32. The Morgan fingerprint density at radius 1 is 1.73 bits per heavy atom. The van der Waals surface area contributed by atoms with Crippen molar-refractivity contribution >= 4 is 5.84 Å². The van der Waals surface area contributed by atoms with E-state index in [0.29, 0.717) is 6.04 Å². The van der Waals surface area contributed by atoms with Crippen molar-refractivity contribution in [2.24, 2.45) is 10.9 Å². The number of likely N-dealkylation sites (N-methyl/N-ethyl adjacent to an activating group) is 2. The van der Waals surface area contributed by atoms with Crippen LogP contribution in [0.2, 0.25) is 0 Å². The van der Waals surface area contributed by atoms with Crippen molar-refractivity contribution in [3.05, 3.63) is 0 Å². The highest BCUT2D eigenvalue weighted by atomic mass is 16.4. The van der Waals surface area contributed by atoms with E-state index < -0.39 is 0 Å². The van der Waals surface area contributed by atoms with Gasteiger partial charge in [0.25, 0.3) is 0 Å². The summed E-state index contributed by atoms with van der Waals surface area (Å²) in [6.45, 7) is 4.09. The molecule has 1 fully saturated rings. The van der Waals surface area contributed by atoms with E-state index in [1.807, 2.05) is 14.0 Å². The molecule has 1 aliphatic rings. The van der Waals surface area contributed by atoms with Crippen LogP contribution in [0.4, 0.5) is 0 Å². The average molecular weight is 214 g/mol. The van der Waals surface area contributed by atoms with Crippen LogP contribution in [-0.2, 0) is 0 Å². The number of hydrogen-bond donors (Lipinski definition) is 2. The van der Waals surface area contributed by atoms with Crippen molar-refractivity contribution in [2.45, 2.75) is 31.8 Å². The molecule has 15 heavy (non-hydrogen) atoms. The molecule has 5 heteroatoms. The first kappa shape index (κ1) is 12.3. The molecule has 0 aromatic carbocycles. The number of amidine groups is 1. The Morgan fingerprint density at radius 2 is 2.40 bits per heavy atom. The SMILES string of the molecule is CC(C(N)=NO)N(C)CC1CCCN1C. The topological polar surface area (TPSA) is 65.1 Å². The maximum atomic E-state index is 8.59. The third-order valence-corrected chi connectivity index (χ3v) is 3.37. The van der Waals surface area contributed by atoms with Gasteiger partial charge in [-0.15, -0.1) is 0 Å². The van der Waals surface area contributed by atoms with Crippen molar-refractivity contribution < 1.29 is 5.21 Å². The van der Waals surface area contributed by atoms with E-state index in [9.17, 15) is 0 Å². The Balaban J connectivity index is 2.44. The van der Waals surface area contributed by atoms with Crippen LogP contribution in [0.15, 0.2) is 5.16 Å². The summed E-state index contributed by atoms with van der Waals surface area (Å²) < 4.78 is 0. The molecule has 0 amide bonds. The lowest BCUT2D eigenvalue weighted by atomic mass is 10.2. The van der Waals surface area contributed by atoms with Crippen molar-refractivity contribution in [3.63, 3.8) is 0 Å². The van der Waals surface area contributed by atoms with Gasteiger partial charge in [-0.25, -0.2) is 0 Å². The maximum absolute atomic E-state index is 8.59. The third-order valence-electron chi connectivity index (χ3n) is 3.37. The monoisotopic (exact) mass is 214 g/mol. The lowest BCUT2D eigenvalue weighted by Gasteiger charge is -2.29. The Labute approximate surface area is 91.5 Å². The van der Waals surface area contributed by atoms with Gasteiger partial charge in [0.2, 0.25) is 0 Å². The first-order chi connectivity index (χ1) is 7.06. The van der Waals surface area contributed by atoms with Gasteiger partial charge in [-0.05, 0) is 40.4 Å². The van der Waals surface area contributed by atoms with Crippen LogP contribution in [-0.4, -0.2) is 60.1 Å². The van der Waals surface area contributed by atoms with Gasteiger partial charge in [0, 0.05) is 12.6 Å². The van der Waals surface area contributed by atoms with Crippen LogP contribution in [0.25, 0.3) is 0 Å². The van der Waals surface area contributed by atoms with Crippen LogP contribution in [0, 0.1) is 0 Å². The van der Waals surface area contributed by atoms with E-state index in [2.05, 4.69) is 22.0 Å². The zero-order valence-corrected chi connectivity index (χ0v) is 9.85. The van der Waals surface area contributed by atoms with E-state index in [1.165, 1.54) is 19.4 Å². The molecule has 0 aliphatic carbocycles. The molecule has 5 nitrogen and oxygen atoms in total. The Morgan fingerprint density at radius 3 is 2.87 bits per heavy atom. The van der Waals surface area contributed by atoms with E-state index >= 15 is 0 Å². The highest BCUT2D eigenvalue weighted by molar-refractivity contribution is 5.84. The lowest BCUT2D eigenvalue weighted by Crippen LogP contribution is -2.46. The number of nitrogens with zero attached hydrogens (tertiary/aromatic N) is 3. The number of hydrogen-bond acceptors (Lipinski definition) is 4.